The van der Waals surface area contributed by atoms with Gasteiger partial charge >= 0.3 is 6.18 Å². The minimum absolute atomic E-state index is 0.0771. The molecule has 3 aromatic rings. The number of anilines is 1. The molecule has 0 saturated carbocycles. The summed E-state index contributed by atoms with van der Waals surface area (Å²) in [4.78, 5) is 27.2. The molecule has 9 heteroatoms. The van der Waals surface area contributed by atoms with E-state index in [9.17, 15) is 27.9 Å². The molecule has 1 fully saturated rings. The highest BCUT2D eigenvalue weighted by atomic mass is 19.4. The Morgan fingerprint density at radius 1 is 0.914 bits per heavy atom. The standard InChI is InChI=1S/C26H23F3N2O4/c27-26(28,29)19-5-11-22(12-6-19)35-23-13-7-20(8-14-23)30-24(33)18-2-1-15-31(16-18)25(34)17-3-9-21(32)10-4-17/h3-14,18,32H,1-2,15-16H2,(H,30,33). The van der Waals surface area contributed by atoms with Crippen LogP contribution in [-0.2, 0) is 11.0 Å². The lowest BCUT2D eigenvalue weighted by atomic mass is 9.96. The number of aromatic hydroxyl groups is 1. The summed E-state index contributed by atoms with van der Waals surface area (Å²) in [6.07, 6.45) is -3.06. The van der Waals surface area contributed by atoms with Crippen LogP contribution in [0.25, 0.3) is 0 Å². The smallest absolute Gasteiger partial charge is 0.416 e. The molecule has 1 atom stereocenters. The van der Waals surface area contributed by atoms with E-state index < -0.39 is 11.7 Å². The molecule has 35 heavy (non-hydrogen) atoms. The second-order valence-electron chi connectivity index (χ2n) is 8.28. The molecule has 1 aliphatic heterocycles. The second-order valence-corrected chi connectivity index (χ2v) is 8.28. The Hall–Kier alpha value is -4.01. The zero-order chi connectivity index (χ0) is 25.0. The number of amides is 2. The molecule has 1 unspecified atom stereocenters. The Kier molecular flexibility index (Phi) is 6.95. The van der Waals surface area contributed by atoms with E-state index in [-0.39, 0.29) is 29.2 Å². The first kappa shape index (κ1) is 24.1. The summed E-state index contributed by atoms with van der Waals surface area (Å²) in [6.45, 7) is 0.847. The first-order valence-corrected chi connectivity index (χ1v) is 11.0. The number of rotatable bonds is 5. The number of hydrogen-bond acceptors (Lipinski definition) is 4. The minimum Gasteiger partial charge on any atom is -0.508 e. The number of piperidine rings is 1. The number of nitrogens with zero attached hydrogens (tertiary/aromatic N) is 1. The van der Waals surface area contributed by atoms with Crippen molar-refractivity contribution < 1.29 is 32.6 Å². The van der Waals surface area contributed by atoms with E-state index in [0.717, 1.165) is 12.1 Å². The van der Waals surface area contributed by atoms with Crippen LogP contribution in [0.5, 0.6) is 17.2 Å². The molecule has 1 aliphatic rings. The van der Waals surface area contributed by atoms with Crippen LogP contribution in [0.15, 0.2) is 72.8 Å². The lowest BCUT2D eigenvalue weighted by Crippen LogP contribution is -2.43. The van der Waals surface area contributed by atoms with Crippen LogP contribution in [-0.4, -0.2) is 34.9 Å². The summed E-state index contributed by atoms with van der Waals surface area (Å²) in [5.41, 5.74) is 0.234. The fraction of sp³-hybridized carbons (Fsp3) is 0.231. The average molecular weight is 484 g/mol. The van der Waals surface area contributed by atoms with Gasteiger partial charge in [0.15, 0.2) is 0 Å². The predicted molar refractivity (Wildman–Crippen MR) is 123 cm³/mol. The topological polar surface area (TPSA) is 78.9 Å². The number of ether oxygens (including phenoxy) is 1. The molecule has 0 bridgehead atoms. The van der Waals surface area contributed by atoms with Crippen LogP contribution in [0.4, 0.5) is 18.9 Å². The Morgan fingerprint density at radius 3 is 2.11 bits per heavy atom. The minimum atomic E-state index is -4.41. The van der Waals surface area contributed by atoms with Gasteiger partial charge in [0.05, 0.1) is 11.5 Å². The maximum absolute atomic E-state index is 12.8. The number of carbonyl (C=O) groups excluding carboxylic acids is 2. The molecule has 1 heterocycles. The zero-order valence-corrected chi connectivity index (χ0v) is 18.6. The number of halogens is 3. The van der Waals surface area contributed by atoms with Gasteiger partial charge in [-0.1, -0.05) is 0 Å². The molecular weight excluding hydrogens is 461 g/mol. The molecular formula is C26H23F3N2O4. The molecule has 2 N–H and O–H groups in total. The highest BCUT2D eigenvalue weighted by Crippen LogP contribution is 2.31. The highest BCUT2D eigenvalue weighted by molar-refractivity contribution is 5.96. The fourth-order valence-electron chi connectivity index (χ4n) is 3.86. The number of nitrogens with one attached hydrogen (secondary N) is 1. The van der Waals surface area contributed by atoms with E-state index in [1.807, 2.05) is 0 Å². The van der Waals surface area contributed by atoms with Gasteiger partial charge in [-0.15, -0.1) is 0 Å². The quantitative estimate of drug-likeness (QED) is 0.487. The molecule has 0 aromatic heterocycles. The third-order valence-corrected chi connectivity index (χ3v) is 5.73. The van der Waals surface area contributed by atoms with E-state index in [0.29, 0.717) is 42.9 Å². The second kappa shape index (κ2) is 10.1. The van der Waals surface area contributed by atoms with Crippen molar-refractivity contribution in [2.45, 2.75) is 19.0 Å². The van der Waals surface area contributed by atoms with Gasteiger partial charge in [0.2, 0.25) is 5.91 Å². The summed E-state index contributed by atoms with van der Waals surface area (Å²) in [7, 11) is 0. The van der Waals surface area contributed by atoms with Crippen molar-refractivity contribution in [3.63, 3.8) is 0 Å². The van der Waals surface area contributed by atoms with Gasteiger partial charge in [0, 0.05) is 24.3 Å². The van der Waals surface area contributed by atoms with Crippen LogP contribution >= 0.6 is 0 Å². The summed E-state index contributed by atoms with van der Waals surface area (Å²) >= 11 is 0. The van der Waals surface area contributed by atoms with Crippen molar-refractivity contribution in [1.82, 2.24) is 4.90 Å². The number of phenols is 1. The fourth-order valence-corrected chi connectivity index (χ4v) is 3.86. The third-order valence-electron chi connectivity index (χ3n) is 5.73. The molecule has 6 nitrogen and oxygen atoms in total. The van der Waals surface area contributed by atoms with Gasteiger partial charge in [0.1, 0.15) is 17.2 Å². The Balaban J connectivity index is 1.33. The molecule has 0 aliphatic carbocycles. The van der Waals surface area contributed by atoms with E-state index in [4.69, 9.17) is 4.74 Å². The maximum Gasteiger partial charge on any atom is 0.416 e. The molecule has 4 rings (SSSR count). The molecule has 1 saturated heterocycles. The molecule has 0 spiro atoms. The van der Waals surface area contributed by atoms with Gasteiger partial charge in [-0.2, -0.15) is 13.2 Å². The Bertz CT molecular complexity index is 1180. The average Bonchev–Trinajstić information content (AvgIpc) is 2.85. The van der Waals surface area contributed by atoms with Crippen molar-refractivity contribution in [2.75, 3.05) is 18.4 Å². The van der Waals surface area contributed by atoms with Crippen molar-refractivity contribution in [2.24, 2.45) is 5.92 Å². The summed E-state index contributed by atoms with van der Waals surface area (Å²) in [5.74, 6) is -0.0144. The first-order chi connectivity index (χ1) is 16.7. The van der Waals surface area contributed by atoms with E-state index >= 15 is 0 Å². The lowest BCUT2D eigenvalue weighted by molar-refractivity contribution is -0.137. The molecule has 3 aromatic carbocycles. The van der Waals surface area contributed by atoms with Crippen LogP contribution in [0, 0.1) is 5.92 Å². The maximum atomic E-state index is 12.8. The SMILES string of the molecule is O=C(Nc1ccc(Oc2ccc(C(F)(F)F)cc2)cc1)C1CCCN(C(=O)c2ccc(O)cc2)C1. The normalized spacial score (nSPS) is 16.0. The van der Waals surface area contributed by atoms with E-state index in [2.05, 4.69) is 5.32 Å². The van der Waals surface area contributed by atoms with Gasteiger partial charge in [-0.25, -0.2) is 0 Å². The number of hydrogen-bond donors (Lipinski definition) is 2. The predicted octanol–water partition coefficient (Wildman–Crippen LogP) is 5.69. The van der Waals surface area contributed by atoms with Crippen molar-refractivity contribution in [3.8, 4) is 17.2 Å². The Labute approximate surface area is 199 Å². The Morgan fingerprint density at radius 2 is 1.51 bits per heavy atom. The molecule has 182 valence electrons. The van der Waals surface area contributed by atoms with Crippen LogP contribution in [0.2, 0.25) is 0 Å². The van der Waals surface area contributed by atoms with Crippen molar-refractivity contribution in [1.29, 1.82) is 0 Å². The number of alkyl halides is 3. The third kappa shape index (κ3) is 6.11. The monoisotopic (exact) mass is 484 g/mol. The number of benzene rings is 3. The van der Waals surface area contributed by atoms with Crippen LogP contribution < -0.4 is 10.1 Å². The summed E-state index contributed by atoms with van der Waals surface area (Å²) in [6, 6.07) is 16.9. The number of likely N-dealkylation sites (tertiary alicyclic amines) is 1. The van der Waals surface area contributed by atoms with Crippen LogP contribution in [0.1, 0.15) is 28.8 Å². The van der Waals surface area contributed by atoms with Crippen LogP contribution in [0.3, 0.4) is 0 Å². The zero-order valence-electron chi connectivity index (χ0n) is 18.6. The van der Waals surface area contributed by atoms with Gasteiger partial charge in [-0.05, 0) is 85.6 Å². The molecule has 0 radical (unpaired) electrons. The first-order valence-electron chi connectivity index (χ1n) is 11.0. The van der Waals surface area contributed by atoms with Crippen molar-refractivity contribution >= 4 is 17.5 Å². The van der Waals surface area contributed by atoms with Crippen molar-refractivity contribution in [3.05, 3.63) is 83.9 Å². The van der Waals surface area contributed by atoms with Gasteiger partial charge < -0.3 is 20.1 Å². The van der Waals surface area contributed by atoms with Gasteiger partial charge in [-0.3, -0.25) is 9.59 Å². The lowest BCUT2D eigenvalue weighted by Gasteiger charge is -2.32. The summed E-state index contributed by atoms with van der Waals surface area (Å²) in [5, 5.41) is 12.3. The summed E-state index contributed by atoms with van der Waals surface area (Å²) < 4.78 is 43.6. The highest BCUT2D eigenvalue weighted by Gasteiger charge is 2.30. The van der Waals surface area contributed by atoms with Gasteiger partial charge in [0.25, 0.3) is 5.91 Å². The number of phenolic OH excluding ortho intramolecular Hbond substituents is 1. The van der Waals surface area contributed by atoms with E-state index in [1.54, 1.807) is 41.3 Å². The largest absolute Gasteiger partial charge is 0.508 e. The molecule has 2 amide bonds. The van der Waals surface area contributed by atoms with E-state index in [1.165, 1.54) is 24.3 Å². The number of carbonyl (C=O) groups is 2.